The maximum absolute atomic E-state index is 6.89. The number of aromatic nitrogens is 3. The molecule has 1 atom stereocenters. The lowest BCUT2D eigenvalue weighted by molar-refractivity contribution is 0.849. The number of rotatable bonds is 5. The highest BCUT2D eigenvalue weighted by molar-refractivity contribution is 6.03. The standard InChI is InChI=1S/C41H31N5/c1-27-11-9-10-26-46(27)40-37(42)33-14-5-7-16-35(33)43-39(40)31-22-20-30(21-23-31)38-34-15-6-8-17-36(34)44-41(45-38)32-24-18-29(19-25-32)28-12-3-2-4-13-28/h2-27H,1H3,(H2,42,43). The van der Waals surface area contributed by atoms with Crippen molar-refractivity contribution in [3.8, 4) is 45.0 Å². The van der Waals surface area contributed by atoms with E-state index in [0.717, 1.165) is 66.8 Å². The fourth-order valence-corrected chi connectivity index (χ4v) is 6.22. The Bertz CT molecular complexity index is 2270. The molecule has 1 unspecified atom stereocenters. The van der Waals surface area contributed by atoms with Crippen molar-refractivity contribution in [1.82, 2.24) is 15.0 Å². The van der Waals surface area contributed by atoms with Crippen LogP contribution >= 0.6 is 0 Å². The molecule has 7 aromatic rings. The van der Waals surface area contributed by atoms with E-state index < -0.39 is 0 Å². The van der Waals surface area contributed by atoms with Gasteiger partial charge in [0, 0.05) is 39.7 Å². The van der Waals surface area contributed by atoms with Gasteiger partial charge in [-0.2, -0.15) is 0 Å². The molecule has 220 valence electrons. The van der Waals surface area contributed by atoms with Crippen molar-refractivity contribution >= 4 is 33.2 Å². The summed E-state index contributed by atoms with van der Waals surface area (Å²) in [5.41, 5.74) is 17.4. The molecular formula is C41H31N5. The summed E-state index contributed by atoms with van der Waals surface area (Å²) in [6, 6.07) is 43.7. The number of nitrogen functional groups attached to an aromatic ring is 1. The Balaban J connectivity index is 1.22. The number of para-hydroxylation sites is 2. The quantitative estimate of drug-likeness (QED) is 0.215. The van der Waals surface area contributed by atoms with Gasteiger partial charge in [-0.1, -0.05) is 127 Å². The molecule has 0 bridgehead atoms. The van der Waals surface area contributed by atoms with Crippen LogP contribution in [-0.4, -0.2) is 21.0 Å². The van der Waals surface area contributed by atoms with E-state index >= 15 is 0 Å². The average molecular weight is 594 g/mol. The van der Waals surface area contributed by atoms with Crippen LogP contribution in [0.4, 0.5) is 11.4 Å². The van der Waals surface area contributed by atoms with Crippen molar-refractivity contribution in [2.75, 3.05) is 10.6 Å². The molecule has 2 aromatic heterocycles. The van der Waals surface area contributed by atoms with Crippen LogP contribution < -0.4 is 10.6 Å². The first-order valence-electron chi connectivity index (χ1n) is 15.5. The molecule has 0 spiro atoms. The normalized spacial score (nSPS) is 14.3. The van der Waals surface area contributed by atoms with Crippen molar-refractivity contribution in [2.24, 2.45) is 0 Å². The zero-order valence-corrected chi connectivity index (χ0v) is 25.4. The fourth-order valence-electron chi connectivity index (χ4n) is 6.22. The van der Waals surface area contributed by atoms with Crippen molar-refractivity contribution < 1.29 is 0 Å². The molecule has 0 saturated heterocycles. The van der Waals surface area contributed by atoms with Gasteiger partial charge in [-0.05, 0) is 36.3 Å². The molecule has 8 rings (SSSR count). The van der Waals surface area contributed by atoms with E-state index in [-0.39, 0.29) is 6.04 Å². The van der Waals surface area contributed by atoms with E-state index in [1.54, 1.807) is 0 Å². The molecule has 0 amide bonds. The maximum atomic E-state index is 6.89. The van der Waals surface area contributed by atoms with Crippen molar-refractivity contribution in [1.29, 1.82) is 0 Å². The van der Waals surface area contributed by atoms with E-state index in [2.05, 4.69) is 109 Å². The molecule has 5 heteroatoms. The summed E-state index contributed by atoms with van der Waals surface area (Å²) >= 11 is 0. The SMILES string of the molecule is CC1C=CC=CN1c1c(-c2ccc(-c3nc(-c4ccc(-c5ccccc5)cc4)nc4ccccc34)cc2)nc2ccccc2c1N. The van der Waals surface area contributed by atoms with Crippen LogP contribution in [0.25, 0.3) is 66.8 Å². The molecule has 46 heavy (non-hydrogen) atoms. The Labute approximate surface area is 268 Å². The summed E-state index contributed by atoms with van der Waals surface area (Å²) < 4.78 is 0. The summed E-state index contributed by atoms with van der Waals surface area (Å²) in [4.78, 5) is 17.4. The smallest absolute Gasteiger partial charge is 0.160 e. The van der Waals surface area contributed by atoms with Gasteiger partial charge in [0.05, 0.1) is 33.8 Å². The molecular weight excluding hydrogens is 562 g/mol. The van der Waals surface area contributed by atoms with Crippen molar-refractivity contribution in [2.45, 2.75) is 13.0 Å². The lowest BCUT2D eigenvalue weighted by atomic mass is 9.99. The van der Waals surface area contributed by atoms with E-state index in [1.165, 1.54) is 5.56 Å². The number of nitrogens with two attached hydrogens (primary N) is 1. The van der Waals surface area contributed by atoms with Gasteiger partial charge in [0.2, 0.25) is 0 Å². The van der Waals surface area contributed by atoms with Crippen molar-refractivity contribution in [3.05, 3.63) is 152 Å². The average Bonchev–Trinajstić information content (AvgIpc) is 3.12. The fraction of sp³-hybridized carbons (Fsp3) is 0.0488. The zero-order valence-electron chi connectivity index (χ0n) is 25.4. The highest BCUT2D eigenvalue weighted by atomic mass is 15.2. The molecule has 5 aromatic carbocycles. The van der Waals surface area contributed by atoms with Crippen LogP contribution in [0.3, 0.4) is 0 Å². The predicted molar refractivity (Wildman–Crippen MR) is 191 cm³/mol. The largest absolute Gasteiger partial charge is 0.396 e. The molecule has 0 saturated carbocycles. The van der Waals surface area contributed by atoms with Gasteiger partial charge in [-0.25, -0.2) is 15.0 Å². The van der Waals surface area contributed by atoms with E-state index in [4.69, 9.17) is 20.7 Å². The van der Waals surface area contributed by atoms with E-state index in [9.17, 15) is 0 Å². The van der Waals surface area contributed by atoms with Crippen LogP contribution in [0, 0.1) is 0 Å². The number of hydrogen-bond acceptors (Lipinski definition) is 5. The highest BCUT2D eigenvalue weighted by Crippen LogP contribution is 2.41. The minimum absolute atomic E-state index is 0.140. The number of allylic oxidation sites excluding steroid dienone is 2. The van der Waals surface area contributed by atoms with Crippen LogP contribution in [-0.2, 0) is 0 Å². The van der Waals surface area contributed by atoms with Crippen LogP contribution in [0.2, 0.25) is 0 Å². The number of pyridine rings is 1. The second-order valence-electron chi connectivity index (χ2n) is 11.5. The van der Waals surface area contributed by atoms with Crippen molar-refractivity contribution in [3.63, 3.8) is 0 Å². The predicted octanol–water partition coefficient (Wildman–Crippen LogP) is 9.71. The molecule has 1 aliphatic rings. The molecule has 0 fully saturated rings. The molecule has 0 aliphatic carbocycles. The molecule has 5 nitrogen and oxygen atoms in total. The highest BCUT2D eigenvalue weighted by Gasteiger charge is 2.23. The number of benzene rings is 5. The Hall–Kier alpha value is -6.07. The molecule has 0 radical (unpaired) electrons. The first kappa shape index (κ1) is 27.5. The Morgan fingerprint density at radius 3 is 1.80 bits per heavy atom. The van der Waals surface area contributed by atoms with E-state index in [0.29, 0.717) is 5.82 Å². The van der Waals surface area contributed by atoms with Gasteiger partial charge in [0.15, 0.2) is 5.82 Å². The van der Waals surface area contributed by atoms with Gasteiger partial charge in [0.25, 0.3) is 0 Å². The first-order valence-corrected chi connectivity index (χ1v) is 15.5. The maximum Gasteiger partial charge on any atom is 0.160 e. The first-order chi connectivity index (χ1) is 22.6. The third kappa shape index (κ3) is 4.88. The molecule has 3 heterocycles. The van der Waals surface area contributed by atoms with Crippen LogP contribution in [0.5, 0.6) is 0 Å². The van der Waals surface area contributed by atoms with Gasteiger partial charge in [0.1, 0.15) is 0 Å². The minimum Gasteiger partial charge on any atom is -0.396 e. The van der Waals surface area contributed by atoms with Crippen LogP contribution in [0.15, 0.2) is 152 Å². The third-order valence-corrected chi connectivity index (χ3v) is 8.64. The summed E-state index contributed by atoms with van der Waals surface area (Å²) in [6.45, 7) is 2.16. The Kier molecular flexibility index (Phi) is 6.84. The van der Waals surface area contributed by atoms with Gasteiger partial charge in [-0.15, -0.1) is 0 Å². The zero-order chi connectivity index (χ0) is 31.0. The second-order valence-corrected chi connectivity index (χ2v) is 11.5. The summed E-state index contributed by atoms with van der Waals surface area (Å²) in [7, 11) is 0. The number of nitrogens with zero attached hydrogens (tertiary/aromatic N) is 4. The van der Waals surface area contributed by atoms with E-state index in [1.807, 2.05) is 54.6 Å². The lowest BCUT2D eigenvalue weighted by Crippen LogP contribution is -2.29. The Morgan fingerprint density at radius 1 is 0.522 bits per heavy atom. The Morgan fingerprint density at radius 2 is 1.09 bits per heavy atom. The van der Waals surface area contributed by atoms with Gasteiger partial charge < -0.3 is 10.6 Å². The van der Waals surface area contributed by atoms with Gasteiger partial charge >= 0.3 is 0 Å². The molecule has 2 N–H and O–H groups in total. The number of hydrogen-bond donors (Lipinski definition) is 1. The summed E-state index contributed by atoms with van der Waals surface area (Å²) in [5, 5.41) is 1.96. The topological polar surface area (TPSA) is 67.9 Å². The minimum atomic E-state index is 0.140. The van der Waals surface area contributed by atoms with Crippen LogP contribution in [0.1, 0.15) is 6.92 Å². The third-order valence-electron chi connectivity index (χ3n) is 8.64. The monoisotopic (exact) mass is 593 g/mol. The second kappa shape index (κ2) is 11.5. The number of anilines is 2. The lowest BCUT2D eigenvalue weighted by Gasteiger charge is -2.31. The summed E-state index contributed by atoms with van der Waals surface area (Å²) in [6.07, 6.45) is 8.34. The van der Waals surface area contributed by atoms with Gasteiger partial charge in [-0.3, -0.25) is 0 Å². The molecule has 1 aliphatic heterocycles. The number of fused-ring (bicyclic) bond motifs is 2. The summed E-state index contributed by atoms with van der Waals surface area (Å²) in [5.74, 6) is 0.697.